The zero-order valence-electron chi connectivity index (χ0n) is 7.42. The van der Waals surface area contributed by atoms with E-state index in [0.717, 1.165) is 24.7 Å². The van der Waals surface area contributed by atoms with Crippen molar-refractivity contribution in [1.29, 1.82) is 0 Å². The van der Waals surface area contributed by atoms with E-state index in [1.165, 1.54) is 17.7 Å². The van der Waals surface area contributed by atoms with Crippen LogP contribution in [0.4, 0.5) is 0 Å². The number of aryl methyl sites for hydroxylation is 1. The van der Waals surface area contributed by atoms with E-state index in [9.17, 15) is 4.79 Å². The molecule has 0 saturated carbocycles. The van der Waals surface area contributed by atoms with Crippen molar-refractivity contribution in [3.05, 3.63) is 33.7 Å². The molecule has 70 valence electrons. The van der Waals surface area contributed by atoms with Crippen LogP contribution in [0.5, 0.6) is 0 Å². The number of halogens is 1. The third kappa shape index (κ3) is 1.57. The smallest absolute Gasteiger partial charge is 0.250 e. The third-order valence-electron chi connectivity index (χ3n) is 2.56. The molecular weight excluding hydrogens is 230 g/mol. The number of hydrogen-bond acceptors (Lipinski definition) is 1. The van der Waals surface area contributed by atoms with Crippen molar-refractivity contribution in [2.24, 2.45) is 0 Å². The number of fused-ring (bicyclic) bond motifs is 1. The molecule has 0 saturated heterocycles. The van der Waals surface area contributed by atoms with E-state index in [2.05, 4.69) is 15.9 Å². The number of pyridine rings is 1. The highest BCUT2D eigenvalue weighted by molar-refractivity contribution is 9.09. The van der Waals surface area contributed by atoms with Gasteiger partial charge in [0.15, 0.2) is 0 Å². The Morgan fingerprint density at radius 3 is 3.00 bits per heavy atom. The van der Waals surface area contributed by atoms with Crippen molar-refractivity contribution >= 4 is 15.9 Å². The Labute approximate surface area is 85.7 Å². The largest absolute Gasteiger partial charge is 0.312 e. The first-order valence-corrected chi connectivity index (χ1v) is 5.72. The number of hydrogen-bond donors (Lipinski definition) is 0. The molecule has 0 radical (unpaired) electrons. The predicted molar refractivity (Wildman–Crippen MR) is 56.5 cm³/mol. The fraction of sp³-hybridized carbons (Fsp3) is 0.500. The maximum atomic E-state index is 11.5. The molecule has 1 aromatic rings. The molecule has 0 aromatic carbocycles. The summed E-state index contributed by atoms with van der Waals surface area (Å²) in [6.45, 7) is 0.794. The van der Waals surface area contributed by atoms with Crippen LogP contribution in [-0.2, 0) is 19.4 Å². The molecule has 1 aromatic heterocycles. The van der Waals surface area contributed by atoms with Crippen LogP contribution in [-0.4, -0.2) is 9.90 Å². The molecule has 2 rings (SSSR count). The molecule has 0 atom stereocenters. The molecule has 0 spiro atoms. The van der Waals surface area contributed by atoms with E-state index in [1.54, 1.807) is 6.07 Å². The summed E-state index contributed by atoms with van der Waals surface area (Å²) in [5.74, 6) is 0. The normalized spacial score (nSPS) is 14.5. The topological polar surface area (TPSA) is 22.0 Å². The molecule has 0 aliphatic heterocycles. The maximum Gasteiger partial charge on any atom is 0.250 e. The number of alkyl halides is 1. The molecule has 0 N–H and O–H groups in total. The van der Waals surface area contributed by atoms with Crippen molar-refractivity contribution in [1.82, 2.24) is 4.57 Å². The van der Waals surface area contributed by atoms with Gasteiger partial charge in [0.1, 0.15) is 0 Å². The Hall–Kier alpha value is -0.570. The Kier molecular flexibility index (Phi) is 2.54. The lowest BCUT2D eigenvalue weighted by Gasteiger charge is -2.09. The first kappa shape index (κ1) is 9.00. The first-order chi connectivity index (χ1) is 6.33. The van der Waals surface area contributed by atoms with Gasteiger partial charge in [0.2, 0.25) is 0 Å². The van der Waals surface area contributed by atoms with Crippen LogP contribution in [0.25, 0.3) is 0 Å². The first-order valence-electron chi connectivity index (χ1n) is 4.60. The Morgan fingerprint density at radius 1 is 1.38 bits per heavy atom. The molecule has 0 amide bonds. The Bertz CT molecular complexity index is 370. The van der Waals surface area contributed by atoms with Gasteiger partial charge in [0.25, 0.3) is 5.56 Å². The van der Waals surface area contributed by atoms with Gasteiger partial charge in [0.05, 0.1) is 0 Å². The zero-order valence-corrected chi connectivity index (χ0v) is 9.01. The summed E-state index contributed by atoms with van der Waals surface area (Å²) >= 11 is 3.37. The number of rotatable bonds is 2. The van der Waals surface area contributed by atoms with E-state index >= 15 is 0 Å². The SMILES string of the molecule is O=c1ccc2c(n1CCBr)CCC2. The lowest BCUT2D eigenvalue weighted by molar-refractivity contribution is 0.691. The quantitative estimate of drug-likeness (QED) is 0.724. The zero-order chi connectivity index (χ0) is 9.26. The molecule has 2 nitrogen and oxygen atoms in total. The molecular formula is C10H12BrNO. The van der Waals surface area contributed by atoms with Gasteiger partial charge in [-0.05, 0) is 24.8 Å². The second-order valence-corrected chi connectivity index (χ2v) is 4.13. The monoisotopic (exact) mass is 241 g/mol. The Balaban J connectivity index is 2.52. The van der Waals surface area contributed by atoms with Crippen molar-refractivity contribution in [3.63, 3.8) is 0 Å². The lowest BCUT2D eigenvalue weighted by atomic mass is 10.2. The van der Waals surface area contributed by atoms with E-state index in [1.807, 2.05) is 10.6 Å². The van der Waals surface area contributed by atoms with Gasteiger partial charge in [-0.25, -0.2) is 0 Å². The lowest BCUT2D eigenvalue weighted by Crippen LogP contribution is -2.23. The number of aromatic nitrogens is 1. The molecule has 3 heteroatoms. The van der Waals surface area contributed by atoms with Crippen LogP contribution in [0.2, 0.25) is 0 Å². The second-order valence-electron chi connectivity index (χ2n) is 3.34. The van der Waals surface area contributed by atoms with Crippen molar-refractivity contribution in [3.8, 4) is 0 Å². The van der Waals surface area contributed by atoms with Crippen LogP contribution >= 0.6 is 15.9 Å². The van der Waals surface area contributed by atoms with E-state index in [4.69, 9.17) is 0 Å². The molecule has 1 aliphatic carbocycles. The minimum Gasteiger partial charge on any atom is -0.312 e. The Morgan fingerprint density at radius 2 is 2.23 bits per heavy atom. The van der Waals surface area contributed by atoms with Gasteiger partial charge < -0.3 is 4.57 Å². The summed E-state index contributed by atoms with van der Waals surface area (Å²) in [6.07, 6.45) is 3.40. The highest BCUT2D eigenvalue weighted by atomic mass is 79.9. The van der Waals surface area contributed by atoms with Gasteiger partial charge in [0, 0.05) is 23.6 Å². The molecule has 0 fully saturated rings. The average molecular weight is 242 g/mol. The highest BCUT2D eigenvalue weighted by Crippen LogP contribution is 2.19. The fourth-order valence-electron chi connectivity index (χ4n) is 1.96. The molecule has 13 heavy (non-hydrogen) atoms. The van der Waals surface area contributed by atoms with Crippen molar-refractivity contribution in [2.45, 2.75) is 25.8 Å². The standard InChI is InChI=1S/C10H12BrNO/c11-6-7-12-9-3-1-2-8(9)4-5-10(12)13/h4-5H,1-3,6-7H2. The molecule has 0 unspecified atom stereocenters. The van der Waals surface area contributed by atoms with Gasteiger partial charge in [-0.15, -0.1) is 0 Å². The summed E-state index contributed by atoms with van der Waals surface area (Å²) < 4.78 is 1.90. The second kappa shape index (κ2) is 3.66. The predicted octanol–water partition coefficient (Wildman–Crippen LogP) is 1.73. The summed E-state index contributed by atoms with van der Waals surface area (Å²) in [7, 11) is 0. The average Bonchev–Trinajstić information content (AvgIpc) is 2.58. The maximum absolute atomic E-state index is 11.5. The van der Waals surface area contributed by atoms with Crippen LogP contribution in [0.15, 0.2) is 16.9 Å². The summed E-state index contributed by atoms with van der Waals surface area (Å²) in [5.41, 5.74) is 2.76. The summed E-state index contributed by atoms with van der Waals surface area (Å²) in [4.78, 5) is 11.5. The van der Waals surface area contributed by atoms with Gasteiger partial charge in [-0.2, -0.15) is 0 Å². The summed E-state index contributed by atoms with van der Waals surface area (Å²) in [5, 5.41) is 0.851. The summed E-state index contributed by atoms with van der Waals surface area (Å²) in [6, 6.07) is 3.67. The van der Waals surface area contributed by atoms with E-state index < -0.39 is 0 Å². The van der Waals surface area contributed by atoms with Crippen LogP contribution < -0.4 is 5.56 Å². The molecule has 1 heterocycles. The van der Waals surface area contributed by atoms with Gasteiger partial charge >= 0.3 is 0 Å². The van der Waals surface area contributed by atoms with Gasteiger partial charge in [-0.3, -0.25) is 4.79 Å². The van der Waals surface area contributed by atoms with Crippen molar-refractivity contribution < 1.29 is 0 Å². The fourth-order valence-corrected chi connectivity index (χ4v) is 2.32. The molecule has 0 bridgehead atoms. The van der Waals surface area contributed by atoms with E-state index in [-0.39, 0.29) is 5.56 Å². The molecule has 1 aliphatic rings. The van der Waals surface area contributed by atoms with Gasteiger partial charge in [-0.1, -0.05) is 22.0 Å². The van der Waals surface area contributed by atoms with Crippen LogP contribution in [0, 0.1) is 0 Å². The minimum atomic E-state index is 0.139. The number of nitrogens with zero attached hydrogens (tertiary/aromatic N) is 1. The van der Waals surface area contributed by atoms with Crippen molar-refractivity contribution in [2.75, 3.05) is 5.33 Å². The third-order valence-corrected chi connectivity index (χ3v) is 2.91. The van der Waals surface area contributed by atoms with Crippen LogP contribution in [0.1, 0.15) is 17.7 Å². The van der Waals surface area contributed by atoms with E-state index in [0.29, 0.717) is 0 Å². The highest BCUT2D eigenvalue weighted by Gasteiger charge is 2.14. The van der Waals surface area contributed by atoms with Crippen LogP contribution in [0.3, 0.4) is 0 Å². The minimum absolute atomic E-state index is 0.139.